The van der Waals surface area contributed by atoms with E-state index in [-0.39, 0.29) is 5.91 Å². The lowest BCUT2D eigenvalue weighted by molar-refractivity contribution is 0.0946. The monoisotopic (exact) mass is 233 g/mol. The van der Waals surface area contributed by atoms with E-state index in [2.05, 4.69) is 10.3 Å². The molecule has 1 heterocycles. The fourth-order valence-electron chi connectivity index (χ4n) is 1.29. The molecule has 1 aromatic heterocycles. The molecular formula is C11H11N3OS. The Balaban J connectivity index is 1.98. The maximum absolute atomic E-state index is 11.6. The van der Waals surface area contributed by atoms with E-state index < -0.39 is 0 Å². The summed E-state index contributed by atoms with van der Waals surface area (Å²) in [5.74, 6) is -0.176. The number of thiazole rings is 1. The molecule has 3 N–H and O–H groups in total. The van der Waals surface area contributed by atoms with E-state index in [1.54, 1.807) is 10.9 Å². The second kappa shape index (κ2) is 4.76. The molecule has 16 heavy (non-hydrogen) atoms. The third kappa shape index (κ3) is 2.38. The minimum absolute atomic E-state index is 0.176. The fraction of sp³-hybridized carbons (Fsp3) is 0.0909. The van der Waals surface area contributed by atoms with Gasteiger partial charge >= 0.3 is 0 Å². The van der Waals surface area contributed by atoms with Crippen LogP contribution >= 0.6 is 11.3 Å². The van der Waals surface area contributed by atoms with Gasteiger partial charge in [0.2, 0.25) is 0 Å². The Morgan fingerprint density at radius 3 is 2.94 bits per heavy atom. The van der Waals surface area contributed by atoms with Gasteiger partial charge in [0, 0.05) is 17.6 Å². The Hall–Kier alpha value is -1.88. The number of rotatable bonds is 3. The van der Waals surface area contributed by atoms with Gasteiger partial charge in [-0.05, 0) is 11.6 Å². The van der Waals surface area contributed by atoms with Crippen LogP contribution in [-0.2, 0) is 6.54 Å². The maximum Gasteiger partial charge on any atom is 0.271 e. The highest BCUT2D eigenvalue weighted by atomic mass is 32.1. The standard InChI is InChI=1S/C11H11N3OS/c12-9-4-2-1-3-8(9)5-13-11(15)10-6-16-7-14-10/h1-4,6-7H,5,12H2,(H,13,15). The number of hydrogen-bond acceptors (Lipinski definition) is 4. The number of nitrogens with two attached hydrogens (primary N) is 1. The summed E-state index contributed by atoms with van der Waals surface area (Å²) < 4.78 is 0. The number of anilines is 1. The van der Waals surface area contributed by atoms with Gasteiger partial charge in [-0.3, -0.25) is 4.79 Å². The smallest absolute Gasteiger partial charge is 0.271 e. The Morgan fingerprint density at radius 2 is 2.25 bits per heavy atom. The van der Waals surface area contributed by atoms with Crippen molar-refractivity contribution in [2.24, 2.45) is 0 Å². The van der Waals surface area contributed by atoms with Crippen molar-refractivity contribution in [3.63, 3.8) is 0 Å². The summed E-state index contributed by atoms with van der Waals surface area (Å²) in [6, 6.07) is 7.45. The zero-order valence-electron chi connectivity index (χ0n) is 8.51. The van der Waals surface area contributed by atoms with E-state index >= 15 is 0 Å². The average molecular weight is 233 g/mol. The van der Waals surface area contributed by atoms with Gasteiger partial charge < -0.3 is 11.1 Å². The van der Waals surface area contributed by atoms with Crippen molar-refractivity contribution >= 4 is 22.9 Å². The summed E-state index contributed by atoms with van der Waals surface area (Å²) in [7, 11) is 0. The van der Waals surface area contributed by atoms with Gasteiger partial charge in [-0.1, -0.05) is 18.2 Å². The van der Waals surface area contributed by atoms with E-state index in [4.69, 9.17) is 5.73 Å². The second-order valence-corrected chi connectivity index (χ2v) is 3.97. The number of nitrogens with one attached hydrogen (secondary N) is 1. The lowest BCUT2D eigenvalue weighted by Gasteiger charge is -2.05. The highest BCUT2D eigenvalue weighted by molar-refractivity contribution is 7.07. The van der Waals surface area contributed by atoms with Crippen molar-refractivity contribution in [2.45, 2.75) is 6.54 Å². The number of hydrogen-bond donors (Lipinski definition) is 2. The van der Waals surface area contributed by atoms with Crippen molar-refractivity contribution in [1.82, 2.24) is 10.3 Å². The number of aromatic nitrogens is 1. The van der Waals surface area contributed by atoms with Crippen molar-refractivity contribution in [3.05, 3.63) is 46.4 Å². The largest absolute Gasteiger partial charge is 0.398 e. The van der Waals surface area contributed by atoms with E-state index in [9.17, 15) is 4.79 Å². The van der Waals surface area contributed by atoms with Crippen molar-refractivity contribution in [2.75, 3.05) is 5.73 Å². The number of carbonyl (C=O) groups is 1. The molecule has 2 rings (SSSR count). The molecule has 0 atom stereocenters. The number of amides is 1. The van der Waals surface area contributed by atoms with Gasteiger partial charge in [0.1, 0.15) is 5.69 Å². The predicted molar refractivity (Wildman–Crippen MR) is 64.1 cm³/mol. The number of nitrogen functional groups attached to an aromatic ring is 1. The molecule has 5 heteroatoms. The summed E-state index contributed by atoms with van der Waals surface area (Å²) in [6.45, 7) is 0.420. The summed E-state index contributed by atoms with van der Waals surface area (Å²) in [6.07, 6.45) is 0. The third-order valence-corrected chi connectivity index (χ3v) is 2.75. The van der Waals surface area contributed by atoms with Crippen LogP contribution < -0.4 is 11.1 Å². The molecule has 0 aliphatic rings. The van der Waals surface area contributed by atoms with Crippen LogP contribution in [0.15, 0.2) is 35.2 Å². The van der Waals surface area contributed by atoms with E-state index in [1.165, 1.54) is 11.3 Å². The van der Waals surface area contributed by atoms with E-state index in [1.807, 2.05) is 24.3 Å². The van der Waals surface area contributed by atoms with Crippen LogP contribution in [0.3, 0.4) is 0 Å². The first kappa shape index (κ1) is 10.6. The SMILES string of the molecule is Nc1ccccc1CNC(=O)c1cscn1. The van der Waals surface area contributed by atoms with E-state index in [0.29, 0.717) is 17.9 Å². The third-order valence-electron chi connectivity index (χ3n) is 2.16. The van der Waals surface area contributed by atoms with Crippen LogP contribution in [0.5, 0.6) is 0 Å². The van der Waals surface area contributed by atoms with E-state index in [0.717, 1.165) is 5.56 Å². The van der Waals surface area contributed by atoms with Crippen LogP contribution in [-0.4, -0.2) is 10.9 Å². The second-order valence-electron chi connectivity index (χ2n) is 3.26. The van der Waals surface area contributed by atoms with Gasteiger partial charge in [-0.2, -0.15) is 0 Å². The summed E-state index contributed by atoms with van der Waals surface area (Å²) >= 11 is 1.40. The zero-order chi connectivity index (χ0) is 11.4. The minimum atomic E-state index is -0.176. The summed E-state index contributed by atoms with van der Waals surface area (Å²) in [5, 5.41) is 4.48. The van der Waals surface area contributed by atoms with Crippen molar-refractivity contribution < 1.29 is 4.79 Å². The number of benzene rings is 1. The molecular weight excluding hydrogens is 222 g/mol. The topological polar surface area (TPSA) is 68.0 Å². The molecule has 0 aliphatic carbocycles. The van der Waals surface area contributed by atoms with Crippen molar-refractivity contribution in [1.29, 1.82) is 0 Å². The highest BCUT2D eigenvalue weighted by Gasteiger charge is 2.07. The first-order valence-electron chi connectivity index (χ1n) is 4.77. The molecule has 0 saturated heterocycles. The maximum atomic E-state index is 11.6. The first-order valence-corrected chi connectivity index (χ1v) is 5.71. The molecule has 0 saturated carbocycles. The van der Waals surface area contributed by atoms with Crippen LogP contribution in [0, 0.1) is 0 Å². The molecule has 0 unspecified atom stereocenters. The Morgan fingerprint density at radius 1 is 1.44 bits per heavy atom. The average Bonchev–Trinajstić information content (AvgIpc) is 2.81. The van der Waals surface area contributed by atoms with Crippen molar-refractivity contribution in [3.8, 4) is 0 Å². The predicted octanol–water partition coefficient (Wildman–Crippen LogP) is 1.66. The van der Waals surface area contributed by atoms with Gasteiger partial charge in [0.15, 0.2) is 0 Å². The quantitative estimate of drug-likeness (QED) is 0.792. The number of nitrogens with zero attached hydrogens (tertiary/aromatic N) is 1. The molecule has 0 radical (unpaired) electrons. The lowest BCUT2D eigenvalue weighted by atomic mass is 10.2. The van der Waals surface area contributed by atoms with Crippen LogP contribution in [0.4, 0.5) is 5.69 Å². The summed E-state index contributed by atoms with van der Waals surface area (Å²) in [5.41, 5.74) is 9.43. The number of carbonyl (C=O) groups excluding carboxylic acids is 1. The summed E-state index contributed by atoms with van der Waals surface area (Å²) in [4.78, 5) is 15.5. The van der Waals surface area contributed by atoms with Gasteiger partial charge in [0.05, 0.1) is 5.51 Å². The lowest BCUT2D eigenvalue weighted by Crippen LogP contribution is -2.23. The molecule has 0 spiro atoms. The molecule has 0 bridgehead atoms. The Labute approximate surface area is 97.1 Å². The normalized spacial score (nSPS) is 10.0. The molecule has 0 aliphatic heterocycles. The van der Waals surface area contributed by atoms with Gasteiger partial charge in [-0.15, -0.1) is 11.3 Å². The van der Waals surface area contributed by atoms with Crippen LogP contribution in [0.1, 0.15) is 16.1 Å². The Kier molecular flexibility index (Phi) is 3.16. The molecule has 2 aromatic rings. The molecule has 1 aromatic carbocycles. The van der Waals surface area contributed by atoms with Gasteiger partial charge in [0.25, 0.3) is 5.91 Å². The highest BCUT2D eigenvalue weighted by Crippen LogP contribution is 2.10. The Bertz CT molecular complexity index is 482. The molecule has 82 valence electrons. The number of para-hydroxylation sites is 1. The minimum Gasteiger partial charge on any atom is -0.398 e. The zero-order valence-corrected chi connectivity index (χ0v) is 9.33. The van der Waals surface area contributed by atoms with Crippen LogP contribution in [0.25, 0.3) is 0 Å². The van der Waals surface area contributed by atoms with Crippen LogP contribution in [0.2, 0.25) is 0 Å². The van der Waals surface area contributed by atoms with Gasteiger partial charge in [-0.25, -0.2) is 4.98 Å². The fourth-order valence-corrected chi connectivity index (χ4v) is 1.82. The first-order chi connectivity index (χ1) is 7.77. The molecule has 1 amide bonds. The molecule has 0 fully saturated rings. The molecule has 4 nitrogen and oxygen atoms in total.